The average molecular weight is 221 g/mol. The summed E-state index contributed by atoms with van der Waals surface area (Å²) in [5.74, 6) is -0.453. The van der Waals surface area contributed by atoms with Crippen molar-refractivity contribution in [1.29, 1.82) is 0 Å². The van der Waals surface area contributed by atoms with Gasteiger partial charge in [-0.25, -0.2) is 0 Å². The Morgan fingerprint density at radius 1 is 1.00 bits per heavy atom. The molecule has 2 rings (SSSR count). The monoisotopic (exact) mass is 221 g/mol. The van der Waals surface area contributed by atoms with E-state index in [4.69, 9.17) is 0 Å². The number of hydrogen-bond donors (Lipinski definition) is 1. The number of rotatable bonds is 3. The van der Waals surface area contributed by atoms with Gasteiger partial charge in [-0.3, -0.25) is 0 Å². The third kappa shape index (κ3) is 3.10. The summed E-state index contributed by atoms with van der Waals surface area (Å²) in [6, 6.07) is -0.320. The summed E-state index contributed by atoms with van der Waals surface area (Å²) in [5, 5.41) is 3.12. The first-order chi connectivity index (χ1) is 7.07. The van der Waals surface area contributed by atoms with Gasteiger partial charge in [-0.05, 0) is 38.1 Å². The lowest BCUT2D eigenvalue weighted by molar-refractivity contribution is -0.188. The van der Waals surface area contributed by atoms with Crippen LogP contribution in [-0.4, -0.2) is 18.8 Å². The summed E-state index contributed by atoms with van der Waals surface area (Å²) < 4.78 is 38.1. The van der Waals surface area contributed by atoms with Crippen molar-refractivity contribution in [1.82, 2.24) is 5.32 Å². The van der Waals surface area contributed by atoms with Crippen LogP contribution in [0.3, 0.4) is 0 Å². The lowest BCUT2D eigenvalue weighted by Gasteiger charge is -2.33. The van der Waals surface area contributed by atoms with E-state index in [0.29, 0.717) is 18.8 Å². The van der Waals surface area contributed by atoms with Gasteiger partial charge in [0.1, 0.15) is 0 Å². The van der Waals surface area contributed by atoms with Crippen LogP contribution in [0.2, 0.25) is 0 Å². The Labute approximate surface area is 88.4 Å². The van der Waals surface area contributed by atoms with Crippen LogP contribution in [0.25, 0.3) is 0 Å². The van der Waals surface area contributed by atoms with E-state index in [9.17, 15) is 13.2 Å². The fourth-order valence-electron chi connectivity index (χ4n) is 2.41. The molecule has 2 aliphatic carbocycles. The highest BCUT2D eigenvalue weighted by Crippen LogP contribution is 2.38. The highest BCUT2D eigenvalue weighted by molar-refractivity contribution is 4.87. The van der Waals surface area contributed by atoms with Gasteiger partial charge in [-0.2, -0.15) is 13.2 Å². The fraction of sp³-hybridized carbons (Fsp3) is 1.00. The third-order valence-electron chi connectivity index (χ3n) is 3.55. The van der Waals surface area contributed by atoms with Crippen molar-refractivity contribution in [2.75, 3.05) is 6.54 Å². The van der Waals surface area contributed by atoms with E-state index >= 15 is 0 Å². The van der Waals surface area contributed by atoms with E-state index in [-0.39, 0.29) is 6.04 Å². The van der Waals surface area contributed by atoms with Gasteiger partial charge in [0.05, 0.1) is 5.92 Å². The average Bonchev–Trinajstić information content (AvgIpc) is 2.97. The molecule has 2 fully saturated rings. The van der Waals surface area contributed by atoms with Crippen LogP contribution in [-0.2, 0) is 0 Å². The molecule has 2 aliphatic rings. The van der Waals surface area contributed by atoms with Crippen molar-refractivity contribution in [2.24, 2.45) is 11.8 Å². The van der Waals surface area contributed by atoms with Crippen LogP contribution in [0.15, 0.2) is 0 Å². The van der Waals surface area contributed by atoms with Crippen LogP contribution in [0, 0.1) is 11.8 Å². The molecule has 2 saturated carbocycles. The van der Waals surface area contributed by atoms with E-state index in [1.807, 2.05) is 0 Å². The zero-order valence-corrected chi connectivity index (χ0v) is 8.82. The molecule has 0 radical (unpaired) electrons. The Morgan fingerprint density at radius 3 is 2.27 bits per heavy atom. The highest BCUT2D eigenvalue weighted by atomic mass is 19.4. The molecule has 0 heterocycles. The summed E-state index contributed by atoms with van der Waals surface area (Å²) in [4.78, 5) is 0. The molecule has 0 saturated heterocycles. The summed E-state index contributed by atoms with van der Waals surface area (Å²) in [6.07, 6.45) is 1.04. The first-order valence-electron chi connectivity index (χ1n) is 5.87. The van der Waals surface area contributed by atoms with Gasteiger partial charge in [0.2, 0.25) is 0 Å². The molecular formula is C11H18F3N. The van der Waals surface area contributed by atoms with Gasteiger partial charge in [-0.1, -0.05) is 12.8 Å². The predicted molar refractivity (Wildman–Crippen MR) is 52.5 cm³/mol. The van der Waals surface area contributed by atoms with Crippen molar-refractivity contribution in [3.05, 3.63) is 0 Å². The quantitative estimate of drug-likeness (QED) is 0.772. The van der Waals surface area contributed by atoms with E-state index in [1.165, 1.54) is 12.8 Å². The minimum Gasteiger partial charge on any atom is -0.313 e. The minimum absolute atomic E-state index is 0.311. The molecule has 0 aromatic carbocycles. The molecule has 2 atom stereocenters. The van der Waals surface area contributed by atoms with Crippen molar-refractivity contribution >= 4 is 0 Å². The van der Waals surface area contributed by atoms with E-state index in [0.717, 1.165) is 19.4 Å². The van der Waals surface area contributed by atoms with Crippen LogP contribution >= 0.6 is 0 Å². The molecule has 0 aliphatic heterocycles. The zero-order valence-electron chi connectivity index (χ0n) is 8.82. The van der Waals surface area contributed by atoms with Crippen LogP contribution in [0.1, 0.15) is 38.5 Å². The first kappa shape index (κ1) is 11.2. The Bertz CT molecular complexity index is 210. The van der Waals surface area contributed by atoms with Crippen LogP contribution in [0.5, 0.6) is 0 Å². The van der Waals surface area contributed by atoms with E-state index < -0.39 is 12.1 Å². The molecule has 88 valence electrons. The van der Waals surface area contributed by atoms with Gasteiger partial charge >= 0.3 is 6.18 Å². The van der Waals surface area contributed by atoms with Gasteiger partial charge in [-0.15, -0.1) is 0 Å². The Morgan fingerprint density at radius 2 is 1.67 bits per heavy atom. The summed E-state index contributed by atoms with van der Waals surface area (Å²) >= 11 is 0. The highest BCUT2D eigenvalue weighted by Gasteiger charge is 2.45. The van der Waals surface area contributed by atoms with Gasteiger partial charge < -0.3 is 5.32 Å². The summed E-state index contributed by atoms with van der Waals surface area (Å²) in [7, 11) is 0. The maximum atomic E-state index is 12.7. The second-order valence-corrected chi connectivity index (χ2v) is 4.89. The van der Waals surface area contributed by atoms with E-state index in [1.54, 1.807) is 0 Å². The normalized spacial score (nSPS) is 33.0. The van der Waals surface area contributed by atoms with Crippen molar-refractivity contribution in [3.8, 4) is 0 Å². The topological polar surface area (TPSA) is 12.0 Å². The summed E-state index contributed by atoms with van der Waals surface area (Å²) in [5.41, 5.74) is 0. The standard InChI is InChI=1S/C11H18F3N/c12-11(13,14)9-3-1-2-4-10(9)15-7-8-5-6-8/h8-10,15H,1-7H2. The Balaban J connectivity index is 1.86. The first-order valence-corrected chi connectivity index (χ1v) is 5.87. The summed E-state index contributed by atoms with van der Waals surface area (Å²) in [6.45, 7) is 0.789. The number of alkyl halides is 3. The molecule has 15 heavy (non-hydrogen) atoms. The molecule has 0 amide bonds. The lowest BCUT2D eigenvalue weighted by Crippen LogP contribution is -2.46. The van der Waals surface area contributed by atoms with Crippen LogP contribution < -0.4 is 5.32 Å². The largest absolute Gasteiger partial charge is 0.393 e. The molecule has 0 aromatic heterocycles. The number of nitrogens with one attached hydrogen (secondary N) is 1. The number of hydrogen-bond acceptors (Lipinski definition) is 1. The SMILES string of the molecule is FC(F)(F)C1CCCCC1NCC1CC1. The van der Waals surface area contributed by atoms with Crippen LogP contribution in [0.4, 0.5) is 13.2 Å². The molecule has 4 heteroatoms. The van der Waals surface area contributed by atoms with Crippen molar-refractivity contribution in [3.63, 3.8) is 0 Å². The van der Waals surface area contributed by atoms with Gasteiger partial charge in [0.15, 0.2) is 0 Å². The van der Waals surface area contributed by atoms with Crippen molar-refractivity contribution < 1.29 is 13.2 Å². The molecule has 2 unspecified atom stereocenters. The maximum absolute atomic E-state index is 12.7. The molecule has 0 spiro atoms. The van der Waals surface area contributed by atoms with E-state index in [2.05, 4.69) is 5.32 Å². The van der Waals surface area contributed by atoms with Gasteiger partial charge in [0, 0.05) is 6.04 Å². The second kappa shape index (κ2) is 4.32. The Kier molecular flexibility index (Phi) is 3.24. The van der Waals surface area contributed by atoms with Crippen molar-refractivity contribution in [2.45, 2.75) is 50.7 Å². The smallest absolute Gasteiger partial charge is 0.313 e. The molecular weight excluding hydrogens is 203 g/mol. The Hall–Kier alpha value is -0.250. The predicted octanol–water partition coefficient (Wildman–Crippen LogP) is 3.11. The molecule has 1 nitrogen and oxygen atoms in total. The molecule has 0 bridgehead atoms. The molecule has 0 aromatic rings. The fourth-order valence-corrected chi connectivity index (χ4v) is 2.41. The molecule has 1 N–H and O–H groups in total. The van der Waals surface area contributed by atoms with Gasteiger partial charge in [0.25, 0.3) is 0 Å². The zero-order chi connectivity index (χ0) is 10.9. The maximum Gasteiger partial charge on any atom is 0.393 e. The number of halogens is 3. The second-order valence-electron chi connectivity index (χ2n) is 4.89. The third-order valence-corrected chi connectivity index (χ3v) is 3.55. The lowest BCUT2D eigenvalue weighted by atomic mass is 9.84. The minimum atomic E-state index is -4.01.